The summed E-state index contributed by atoms with van der Waals surface area (Å²) in [6.07, 6.45) is 3.87. The molecule has 2 heterocycles. The zero-order valence-electron chi connectivity index (χ0n) is 21.4. The van der Waals surface area contributed by atoms with Gasteiger partial charge in [0.1, 0.15) is 0 Å². The van der Waals surface area contributed by atoms with Crippen LogP contribution in [0, 0.1) is 43.4 Å². The van der Waals surface area contributed by atoms with Crippen molar-refractivity contribution in [2.75, 3.05) is 9.80 Å². The average Bonchev–Trinajstić information content (AvgIpc) is 3.37. The van der Waals surface area contributed by atoms with Crippen LogP contribution in [0.3, 0.4) is 0 Å². The molecule has 7 heteroatoms. The molecule has 2 saturated heterocycles. The van der Waals surface area contributed by atoms with E-state index in [0.29, 0.717) is 11.4 Å². The zero-order chi connectivity index (χ0) is 27.2. The number of amides is 4. The maximum Gasteiger partial charge on any atom is 0.238 e. The van der Waals surface area contributed by atoms with Crippen molar-refractivity contribution in [3.63, 3.8) is 0 Å². The zero-order valence-corrected chi connectivity index (χ0v) is 23.0. The normalized spacial score (nSPS) is 30.8. The van der Waals surface area contributed by atoms with Crippen LogP contribution in [0.25, 0.3) is 0 Å². The summed E-state index contributed by atoms with van der Waals surface area (Å²) in [7, 11) is 0. The average molecular weight is 581 g/mol. The van der Waals surface area contributed by atoms with Gasteiger partial charge in [-0.05, 0) is 54.8 Å². The van der Waals surface area contributed by atoms with Crippen LogP contribution in [0.1, 0.15) is 16.7 Å². The second-order valence-electron chi connectivity index (χ2n) is 11.0. The first kappa shape index (κ1) is 24.2. The molecule has 0 N–H and O–H groups in total. The monoisotopic (exact) mass is 580 g/mol. The first-order valence-corrected chi connectivity index (χ1v) is 13.9. The number of anilines is 2. The number of hydrogen-bond donors (Lipinski definition) is 0. The van der Waals surface area contributed by atoms with Crippen LogP contribution in [-0.4, -0.2) is 23.6 Å². The van der Waals surface area contributed by atoms with Crippen molar-refractivity contribution < 1.29 is 19.2 Å². The van der Waals surface area contributed by atoms with Gasteiger partial charge in [0.2, 0.25) is 23.6 Å². The number of allylic oxidation sites excluding steroid dienone is 2. The van der Waals surface area contributed by atoms with Crippen molar-refractivity contribution in [2.45, 2.75) is 19.3 Å². The quantitative estimate of drug-likeness (QED) is 0.318. The van der Waals surface area contributed by atoms with E-state index in [1.54, 1.807) is 12.1 Å². The van der Waals surface area contributed by atoms with E-state index in [4.69, 9.17) is 0 Å². The Morgan fingerprint density at radius 3 is 1.56 bits per heavy atom. The molecule has 4 amide bonds. The molecule has 3 aliphatic carbocycles. The van der Waals surface area contributed by atoms with Crippen molar-refractivity contribution >= 4 is 50.9 Å². The van der Waals surface area contributed by atoms with Crippen molar-refractivity contribution in [3.05, 3.63) is 106 Å². The largest absolute Gasteiger partial charge is 0.274 e. The SMILES string of the molecule is Cc1ccccc1N1C(=O)[C@@H]2C3C=CC(c4ccc(Br)cc4)([C@H]2C1=O)[C@H]1C(=O)N(c2ccccc2C)C(=O)[C@@H]31. The molecule has 194 valence electrons. The fourth-order valence-corrected chi connectivity index (χ4v) is 7.86. The molecule has 3 aromatic rings. The third-order valence-electron chi connectivity index (χ3n) is 9.21. The molecule has 2 unspecified atom stereocenters. The van der Waals surface area contributed by atoms with Gasteiger partial charge in [0, 0.05) is 15.8 Å². The summed E-state index contributed by atoms with van der Waals surface area (Å²) in [5, 5.41) is 0. The lowest BCUT2D eigenvalue weighted by Gasteiger charge is -2.53. The maximum absolute atomic E-state index is 14.4. The summed E-state index contributed by atoms with van der Waals surface area (Å²) in [5.41, 5.74) is 2.35. The second-order valence-corrected chi connectivity index (χ2v) is 11.9. The Hall–Kier alpha value is -3.84. The molecule has 3 fully saturated rings. The van der Waals surface area contributed by atoms with Gasteiger partial charge < -0.3 is 0 Å². The molecule has 3 aromatic carbocycles. The third-order valence-corrected chi connectivity index (χ3v) is 9.74. The van der Waals surface area contributed by atoms with Gasteiger partial charge in [0.05, 0.1) is 35.0 Å². The Morgan fingerprint density at radius 2 is 1.10 bits per heavy atom. The highest BCUT2D eigenvalue weighted by atomic mass is 79.9. The van der Waals surface area contributed by atoms with E-state index in [-0.39, 0.29) is 23.6 Å². The third kappa shape index (κ3) is 3.02. The Morgan fingerprint density at radius 1 is 0.641 bits per heavy atom. The topological polar surface area (TPSA) is 74.8 Å². The van der Waals surface area contributed by atoms with Crippen molar-refractivity contribution in [1.82, 2.24) is 0 Å². The van der Waals surface area contributed by atoms with Gasteiger partial charge in [-0.1, -0.05) is 76.6 Å². The summed E-state index contributed by atoms with van der Waals surface area (Å²) in [6.45, 7) is 3.74. The predicted octanol–water partition coefficient (Wildman–Crippen LogP) is 5.11. The molecule has 0 radical (unpaired) electrons. The van der Waals surface area contributed by atoms with Crippen LogP contribution in [-0.2, 0) is 24.6 Å². The predicted molar refractivity (Wildman–Crippen MR) is 150 cm³/mol. The van der Waals surface area contributed by atoms with E-state index < -0.39 is 35.0 Å². The Balaban J connectivity index is 1.45. The van der Waals surface area contributed by atoms with Crippen LogP contribution in [0.4, 0.5) is 11.4 Å². The number of hydrogen-bond acceptors (Lipinski definition) is 4. The summed E-state index contributed by atoms with van der Waals surface area (Å²) in [4.78, 5) is 59.7. The number of carbonyl (C=O) groups is 4. The van der Waals surface area contributed by atoms with Gasteiger partial charge in [-0.3, -0.25) is 19.2 Å². The molecule has 1 saturated carbocycles. The second kappa shape index (κ2) is 8.33. The number of benzene rings is 3. The molecule has 0 spiro atoms. The lowest BCUT2D eigenvalue weighted by atomic mass is 9.45. The Bertz CT molecular complexity index is 1540. The van der Waals surface area contributed by atoms with E-state index in [1.165, 1.54) is 9.80 Å². The number of aryl methyl sites for hydroxylation is 2. The molecular formula is C32H25BrN2O4. The molecule has 6 atom stereocenters. The van der Waals surface area contributed by atoms with Crippen LogP contribution in [0.5, 0.6) is 0 Å². The number of halogens is 1. The minimum Gasteiger partial charge on any atom is -0.274 e. The standard InChI is InChI=1S/C32H25BrN2O4/c1-17-7-3-5-9-22(17)34-28(36)24-21-15-16-32(26(24)30(34)38,19-11-13-20(33)14-12-19)27-25(21)29(37)35(31(27)39)23-10-6-4-8-18(23)2/h3-16,21,24-27H,1-2H3/t21?,24-,25+,26-,27-,32?/m1/s1. The van der Waals surface area contributed by atoms with Crippen LogP contribution in [0.15, 0.2) is 89.4 Å². The fourth-order valence-electron chi connectivity index (χ4n) is 7.59. The van der Waals surface area contributed by atoms with Gasteiger partial charge in [0.15, 0.2) is 0 Å². The molecule has 2 aliphatic heterocycles. The molecule has 2 bridgehead atoms. The smallest absolute Gasteiger partial charge is 0.238 e. The molecular weight excluding hydrogens is 556 g/mol. The molecule has 5 aliphatic rings. The summed E-state index contributed by atoms with van der Waals surface area (Å²) in [5.74, 6) is -4.85. The summed E-state index contributed by atoms with van der Waals surface area (Å²) in [6, 6.07) is 22.2. The van der Waals surface area contributed by atoms with E-state index in [1.807, 2.05) is 86.7 Å². The van der Waals surface area contributed by atoms with Gasteiger partial charge in [-0.25, -0.2) is 9.80 Å². The fraction of sp³-hybridized carbons (Fsp3) is 0.250. The number of nitrogens with zero attached hydrogens (tertiary/aromatic N) is 2. The van der Waals surface area contributed by atoms with Crippen molar-refractivity contribution in [1.29, 1.82) is 0 Å². The van der Waals surface area contributed by atoms with Gasteiger partial charge in [-0.15, -0.1) is 0 Å². The van der Waals surface area contributed by atoms with Crippen LogP contribution in [0.2, 0.25) is 0 Å². The lowest BCUT2D eigenvalue weighted by molar-refractivity contribution is -0.140. The highest BCUT2D eigenvalue weighted by molar-refractivity contribution is 9.10. The molecule has 8 rings (SSSR count). The van der Waals surface area contributed by atoms with E-state index >= 15 is 0 Å². The van der Waals surface area contributed by atoms with E-state index in [2.05, 4.69) is 15.9 Å². The first-order valence-electron chi connectivity index (χ1n) is 13.1. The van der Waals surface area contributed by atoms with Crippen molar-refractivity contribution in [3.8, 4) is 0 Å². The van der Waals surface area contributed by atoms with Crippen LogP contribution < -0.4 is 9.80 Å². The van der Waals surface area contributed by atoms with E-state index in [9.17, 15) is 19.2 Å². The Kier molecular flexibility index (Phi) is 5.17. The molecule has 39 heavy (non-hydrogen) atoms. The van der Waals surface area contributed by atoms with Crippen molar-refractivity contribution in [2.24, 2.45) is 29.6 Å². The highest BCUT2D eigenvalue weighted by Crippen LogP contribution is 2.65. The first-order chi connectivity index (χ1) is 18.8. The highest BCUT2D eigenvalue weighted by Gasteiger charge is 2.75. The maximum atomic E-state index is 14.4. The summed E-state index contributed by atoms with van der Waals surface area (Å²) < 4.78 is 0.856. The van der Waals surface area contributed by atoms with Gasteiger partial charge >= 0.3 is 0 Å². The molecule has 6 nitrogen and oxygen atoms in total. The van der Waals surface area contributed by atoms with E-state index in [0.717, 1.165) is 21.2 Å². The number of rotatable bonds is 3. The lowest BCUT2D eigenvalue weighted by Crippen LogP contribution is -2.60. The minimum absolute atomic E-state index is 0.303. The minimum atomic E-state index is -1.14. The molecule has 0 aromatic heterocycles. The number of para-hydroxylation sites is 2. The number of imide groups is 2. The van der Waals surface area contributed by atoms with Gasteiger partial charge in [-0.2, -0.15) is 0 Å². The summed E-state index contributed by atoms with van der Waals surface area (Å²) >= 11 is 3.49. The van der Waals surface area contributed by atoms with Crippen LogP contribution >= 0.6 is 15.9 Å². The van der Waals surface area contributed by atoms with Gasteiger partial charge in [0.25, 0.3) is 0 Å². The Labute approximate surface area is 234 Å². The number of carbonyl (C=O) groups excluding carboxylic acids is 4.